The highest BCUT2D eigenvalue weighted by Crippen LogP contribution is 2.05. The van der Waals surface area contributed by atoms with Gasteiger partial charge in [0.05, 0.1) is 12.7 Å². The van der Waals surface area contributed by atoms with E-state index in [0.29, 0.717) is 12.1 Å². The fraction of sp³-hybridized carbons (Fsp3) is 0.125. The zero-order chi connectivity index (χ0) is 14.7. The van der Waals surface area contributed by atoms with Crippen molar-refractivity contribution in [2.24, 2.45) is 0 Å². The molecule has 0 bridgehead atoms. The Morgan fingerprint density at radius 3 is 2.71 bits per heavy atom. The number of aromatic nitrogens is 3. The predicted molar refractivity (Wildman–Crippen MR) is 79.0 cm³/mol. The van der Waals surface area contributed by atoms with Crippen LogP contribution in [0.4, 0.5) is 0 Å². The normalized spacial score (nSPS) is 10.3. The van der Waals surface area contributed by atoms with Crippen molar-refractivity contribution in [3.8, 4) is 11.8 Å². The van der Waals surface area contributed by atoms with Gasteiger partial charge < -0.3 is 9.67 Å². The van der Waals surface area contributed by atoms with Crippen molar-refractivity contribution in [2.75, 3.05) is 6.61 Å². The SMILES string of the molecule is O=c1c2ccnn2ccn1Cc1ccc(C#CCO)cc1. The summed E-state index contributed by atoms with van der Waals surface area (Å²) in [5.74, 6) is 5.44. The molecule has 0 unspecified atom stereocenters. The predicted octanol–water partition coefficient (Wildman–Crippen LogP) is 0.888. The van der Waals surface area contributed by atoms with Gasteiger partial charge in [-0.1, -0.05) is 24.0 Å². The average Bonchev–Trinajstić information content (AvgIpc) is 2.99. The molecule has 104 valence electrons. The minimum absolute atomic E-state index is 0.0702. The summed E-state index contributed by atoms with van der Waals surface area (Å²) in [6.45, 7) is 0.344. The van der Waals surface area contributed by atoms with Crippen LogP contribution in [0.3, 0.4) is 0 Å². The first kappa shape index (κ1) is 13.2. The van der Waals surface area contributed by atoms with Crippen LogP contribution in [0.25, 0.3) is 5.52 Å². The highest BCUT2D eigenvalue weighted by molar-refractivity contribution is 5.42. The maximum atomic E-state index is 12.3. The summed E-state index contributed by atoms with van der Waals surface area (Å²) < 4.78 is 3.21. The number of rotatable bonds is 2. The number of nitrogens with zero attached hydrogens (tertiary/aromatic N) is 3. The summed E-state index contributed by atoms with van der Waals surface area (Å²) >= 11 is 0. The van der Waals surface area contributed by atoms with Crippen molar-refractivity contribution in [3.63, 3.8) is 0 Å². The molecule has 1 N–H and O–H groups in total. The zero-order valence-corrected chi connectivity index (χ0v) is 11.2. The molecule has 0 saturated heterocycles. The molecule has 0 fully saturated rings. The highest BCUT2D eigenvalue weighted by Gasteiger charge is 2.03. The van der Waals surface area contributed by atoms with Crippen LogP contribution in [0.15, 0.2) is 53.7 Å². The van der Waals surface area contributed by atoms with Crippen molar-refractivity contribution < 1.29 is 5.11 Å². The quantitative estimate of drug-likeness (QED) is 0.709. The van der Waals surface area contributed by atoms with E-state index in [-0.39, 0.29) is 12.2 Å². The number of benzene rings is 1. The second kappa shape index (κ2) is 5.65. The van der Waals surface area contributed by atoms with Crippen molar-refractivity contribution in [1.82, 2.24) is 14.2 Å². The van der Waals surface area contributed by atoms with Crippen molar-refractivity contribution in [1.29, 1.82) is 0 Å². The van der Waals surface area contributed by atoms with E-state index in [1.54, 1.807) is 33.7 Å². The first-order valence-corrected chi connectivity index (χ1v) is 6.49. The molecule has 0 spiro atoms. The van der Waals surface area contributed by atoms with Gasteiger partial charge >= 0.3 is 0 Å². The highest BCUT2D eigenvalue weighted by atomic mass is 16.2. The van der Waals surface area contributed by atoms with Gasteiger partial charge in [0, 0.05) is 18.0 Å². The number of aliphatic hydroxyl groups excluding tert-OH is 1. The second-order valence-electron chi connectivity index (χ2n) is 4.55. The smallest absolute Gasteiger partial charge is 0.276 e. The zero-order valence-electron chi connectivity index (χ0n) is 11.2. The molecule has 21 heavy (non-hydrogen) atoms. The molecule has 2 heterocycles. The van der Waals surface area contributed by atoms with Gasteiger partial charge in [-0.25, -0.2) is 4.52 Å². The van der Waals surface area contributed by atoms with Gasteiger partial charge in [0.25, 0.3) is 5.56 Å². The van der Waals surface area contributed by atoms with Crippen LogP contribution >= 0.6 is 0 Å². The van der Waals surface area contributed by atoms with E-state index < -0.39 is 0 Å². The third-order valence-electron chi connectivity index (χ3n) is 3.16. The monoisotopic (exact) mass is 279 g/mol. The molecule has 0 aliphatic heterocycles. The third kappa shape index (κ3) is 2.71. The standard InChI is InChI=1S/C16H13N3O2/c20-11-1-2-13-3-5-14(6-4-13)12-18-9-10-19-15(16(18)21)7-8-17-19/h3-10,20H,11-12H2. The molecule has 0 aliphatic rings. The second-order valence-corrected chi connectivity index (χ2v) is 4.55. The van der Waals surface area contributed by atoms with Crippen LogP contribution in [0.5, 0.6) is 0 Å². The van der Waals surface area contributed by atoms with Gasteiger partial charge in [-0.2, -0.15) is 5.10 Å². The minimum atomic E-state index is -0.150. The van der Waals surface area contributed by atoms with E-state index in [0.717, 1.165) is 11.1 Å². The van der Waals surface area contributed by atoms with Crippen LogP contribution in [0.1, 0.15) is 11.1 Å². The lowest BCUT2D eigenvalue weighted by molar-refractivity contribution is 0.350. The van der Waals surface area contributed by atoms with E-state index in [2.05, 4.69) is 16.9 Å². The molecular formula is C16H13N3O2. The van der Waals surface area contributed by atoms with Crippen molar-refractivity contribution >= 4 is 5.52 Å². The number of fused-ring (bicyclic) bond motifs is 1. The Morgan fingerprint density at radius 1 is 1.14 bits per heavy atom. The van der Waals surface area contributed by atoms with Gasteiger partial charge in [-0.05, 0) is 23.8 Å². The summed E-state index contributed by atoms with van der Waals surface area (Å²) in [5.41, 5.74) is 2.34. The molecular weight excluding hydrogens is 266 g/mol. The molecule has 1 aromatic carbocycles. The largest absolute Gasteiger partial charge is 0.384 e. The van der Waals surface area contributed by atoms with Gasteiger partial charge in [-0.15, -0.1) is 0 Å². The Hall–Kier alpha value is -2.84. The Bertz CT molecular complexity index is 880. The van der Waals surface area contributed by atoms with Crippen LogP contribution < -0.4 is 5.56 Å². The van der Waals surface area contributed by atoms with Gasteiger partial charge in [0.1, 0.15) is 12.1 Å². The first-order chi connectivity index (χ1) is 10.3. The molecule has 5 nitrogen and oxygen atoms in total. The third-order valence-corrected chi connectivity index (χ3v) is 3.16. The maximum absolute atomic E-state index is 12.3. The average molecular weight is 279 g/mol. The molecule has 2 aromatic heterocycles. The van der Waals surface area contributed by atoms with Crippen molar-refractivity contribution in [3.05, 3.63) is 70.4 Å². The Morgan fingerprint density at radius 2 is 1.95 bits per heavy atom. The van der Waals surface area contributed by atoms with Gasteiger partial charge in [-0.3, -0.25) is 4.79 Å². The molecule has 5 heteroatoms. The van der Waals surface area contributed by atoms with Crippen molar-refractivity contribution in [2.45, 2.75) is 6.54 Å². The van der Waals surface area contributed by atoms with Crippen LogP contribution in [-0.4, -0.2) is 25.9 Å². The lowest BCUT2D eigenvalue weighted by Crippen LogP contribution is -2.21. The van der Waals surface area contributed by atoms with E-state index >= 15 is 0 Å². The van der Waals surface area contributed by atoms with E-state index in [1.165, 1.54) is 0 Å². The number of hydrogen-bond donors (Lipinski definition) is 1. The van der Waals surface area contributed by atoms with Crippen LogP contribution in [0.2, 0.25) is 0 Å². The van der Waals surface area contributed by atoms with Crippen LogP contribution in [-0.2, 0) is 6.54 Å². The summed E-state index contributed by atoms with van der Waals surface area (Å²) in [6, 6.07) is 9.30. The lowest BCUT2D eigenvalue weighted by atomic mass is 10.1. The number of aliphatic hydroxyl groups is 1. The molecule has 0 saturated carbocycles. The van der Waals surface area contributed by atoms with Crippen LogP contribution in [0, 0.1) is 11.8 Å². The molecule has 3 rings (SSSR count). The number of hydrogen-bond acceptors (Lipinski definition) is 3. The van der Waals surface area contributed by atoms with E-state index in [9.17, 15) is 4.79 Å². The Labute approximate surface area is 121 Å². The van der Waals surface area contributed by atoms with Gasteiger partial charge in [0.2, 0.25) is 0 Å². The Kier molecular flexibility index (Phi) is 3.54. The van der Waals surface area contributed by atoms with E-state index in [4.69, 9.17) is 5.11 Å². The van der Waals surface area contributed by atoms with E-state index in [1.807, 2.05) is 24.3 Å². The first-order valence-electron chi connectivity index (χ1n) is 6.49. The molecule has 0 aliphatic carbocycles. The summed E-state index contributed by atoms with van der Waals surface area (Å²) in [4.78, 5) is 12.3. The maximum Gasteiger partial charge on any atom is 0.276 e. The molecule has 3 aromatic rings. The summed E-state index contributed by atoms with van der Waals surface area (Å²) in [6.07, 6.45) is 5.09. The minimum Gasteiger partial charge on any atom is -0.384 e. The topological polar surface area (TPSA) is 59.5 Å². The summed E-state index contributed by atoms with van der Waals surface area (Å²) in [5, 5.41) is 12.7. The fourth-order valence-corrected chi connectivity index (χ4v) is 2.12. The molecule has 0 radical (unpaired) electrons. The fourth-order valence-electron chi connectivity index (χ4n) is 2.12. The molecule has 0 atom stereocenters. The Balaban J connectivity index is 1.88. The molecule has 0 amide bonds. The lowest BCUT2D eigenvalue weighted by Gasteiger charge is -2.06. The summed E-state index contributed by atoms with van der Waals surface area (Å²) in [7, 11) is 0. The van der Waals surface area contributed by atoms with Gasteiger partial charge in [0.15, 0.2) is 0 Å².